The van der Waals surface area contributed by atoms with Gasteiger partial charge in [-0.15, -0.1) is 0 Å². The fourth-order valence-corrected chi connectivity index (χ4v) is 2.81. The van der Waals surface area contributed by atoms with Crippen LogP contribution in [0.15, 0.2) is 12.4 Å². The second-order valence-electron chi connectivity index (χ2n) is 5.30. The van der Waals surface area contributed by atoms with Gasteiger partial charge in [0.2, 0.25) is 0 Å². The molecule has 0 bridgehead atoms. The first-order valence-corrected chi connectivity index (χ1v) is 6.41. The molecule has 1 aliphatic rings. The highest BCUT2D eigenvalue weighted by Gasteiger charge is 2.35. The van der Waals surface area contributed by atoms with Crippen LogP contribution >= 0.6 is 0 Å². The molecule has 2 rings (SSSR count). The zero-order chi connectivity index (χ0) is 11.6. The van der Waals surface area contributed by atoms with E-state index in [-0.39, 0.29) is 6.04 Å². The van der Waals surface area contributed by atoms with Crippen molar-refractivity contribution in [3.8, 4) is 0 Å². The van der Waals surface area contributed by atoms with Gasteiger partial charge in [-0.25, -0.2) is 4.98 Å². The van der Waals surface area contributed by atoms with Crippen LogP contribution in [0.3, 0.4) is 0 Å². The zero-order valence-corrected chi connectivity index (χ0v) is 10.4. The van der Waals surface area contributed by atoms with Crippen molar-refractivity contribution in [3.63, 3.8) is 0 Å². The van der Waals surface area contributed by atoms with Crippen molar-refractivity contribution in [3.05, 3.63) is 18.2 Å². The van der Waals surface area contributed by atoms with E-state index in [1.54, 1.807) is 0 Å². The van der Waals surface area contributed by atoms with Gasteiger partial charge in [-0.05, 0) is 25.2 Å². The topological polar surface area (TPSA) is 43.8 Å². The minimum Gasteiger partial charge on any atom is -0.335 e. The Balaban J connectivity index is 2.04. The maximum atomic E-state index is 6.37. The Labute approximate surface area is 98.1 Å². The SMILES string of the molecule is CCn1ccnc1CC(N)C1(C)CCCC1. The molecule has 0 radical (unpaired) electrons. The van der Waals surface area contributed by atoms with Gasteiger partial charge in [-0.1, -0.05) is 19.8 Å². The molecule has 0 aliphatic heterocycles. The summed E-state index contributed by atoms with van der Waals surface area (Å²) in [6.07, 6.45) is 10.1. The summed E-state index contributed by atoms with van der Waals surface area (Å²) in [6, 6.07) is 0.252. The van der Waals surface area contributed by atoms with Crippen LogP contribution in [-0.2, 0) is 13.0 Å². The predicted octanol–water partition coefficient (Wildman–Crippen LogP) is 2.35. The quantitative estimate of drug-likeness (QED) is 0.848. The lowest BCUT2D eigenvalue weighted by Crippen LogP contribution is -2.40. The molecule has 0 spiro atoms. The molecule has 3 heteroatoms. The fourth-order valence-electron chi connectivity index (χ4n) is 2.81. The molecule has 90 valence electrons. The minimum atomic E-state index is 0.252. The van der Waals surface area contributed by atoms with E-state index in [4.69, 9.17) is 5.73 Å². The van der Waals surface area contributed by atoms with Crippen LogP contribution in [-0.4, -0.2) is 15.6 Å². The Hall–Kier alpha value is -0.830. The highest BCUT2D eigenvalue weighted by molar-refractivity contribution is 5.00. The number of nitrogens with zero attached hydrogens (tertiary/aromatic N) is 2. The van der Waals surface area contributed by atoms with Crippen molar-refractivity contribution in [1.82, 2.24) is 9.55 Å². The van der Waals surface area contributed by atoms with Crippen LogP contribution in [0.4, 0.5) is 0 Å². The van der Waals surface area contributed by atoms with Crippen molar-refractivity contribution in [2.75, 3.05) is 0 Å². The largest absolute Gasteiger partial charge is 0.335 e. The highest BCUT2D eigenvalue weighted by atomic mass is 15.1. The molecule has 1 saturated carbocycles. The first-order chi connectivity index (χ1) is 7.65. The van der Waals surface area contributed by atoms with Gasteiger partial charge >= 0.3 is 0 Å². The van der Waals surface area contributed by atoms with E-state index in [1.165, 1.54) is 25.7 Å². The Kier molecular flexibility index (Phi) is 3.33. The molecule has 1 unspecified atom stereocenters. The lowest BCUT2D eigenvalue weighted by molar-refractivity contribution is 0.256. The van der Waals surface area contributed by atoms with E-state index >= 15 is 0 Å². The summed E-state index contributed by atoms with van der Waals surface area (Å²) < 4.78 is 2.19. The van der Waals surface area contributed by atoms with Crippen LogP contribution in [0.2, 0.25) is 0 Å². The molecule has 1 heterocycles. The van der Waals surface area contributed by atoms with E-state index in [2.05, 4.69) is 23.4 Å². The standard InChI is InChI=1S/C13H23N3/c1-3-16-9-8-15-12(16)10-11(14)13(2)6-4-5-7-13/h8-9,11H,3-7,10,14H2,1-2H3. The van der Waals surface area contributed by atoms with E-state index in [0.29, 0.717) is 5.41 Å². The summed E-state index contributed by atoms with van der Waals surface area (Å²) in [5.41, 5.74) is 6.71. The summed E-state index contributed by atoms with van der Waals surface area (Å²) >= 11 is 0. The van der Waals surface area contributed by atoms with Crippen LogP contribution < -0.4 is 5.73 Å². The van der Waals surface area contributed by atoms with Gasteiger partial charge < -0.3 is 10.3 Å². The molecule has 16 heavy (non-hydrogen) atoms. The molecule has 1 atom stereocenters. The second kappa shape index (κ2) is 4.58. The number of aromatic nitrogens is 2. The van der Waals surface area contributed by atoms with Gasteiger partial charge in [0.25, 0.3) is 0 Å². The van der Waals surface area contributed by atoms with Crippen molar-refractivity contribution in [2.24, 2.45) is 11.1 Å². The number of aryl methyl sites for hydroxylation is 1. The molecule has 1 aromatic rings. The first kappa shape index (κ1) is 11.6. The Bertz CT molecular complexity index is 337. The molecule has 0 saturated heterocycles. The van der Waals surface area contributed by atoms with Gasteiger partial charge in [-0.2, -0.15) is 0 Å². The predicted molar refractivity (Wildman–Crippen MR) is 66.2 cm³/mol. The summed E-state index contributed by atoms with van der Waals surface area (Å²) in [6.45, 7) is 5.47. The first-order valence-electron chi connectivity index (χ1n) is 6.41. The maximum Gasteiger partial charge on any atom is 0.110 e. The van der Waals surface area contributed by atoms with E-state index < -0.39 is 0 Å². The molecular weight excluding hydrogens is 198 g/mol. The highest BCUT2D eigenvalue weighted by Crippen LogP contribution is 2.40. The van der Waals surface area contributed by atoms with Crippen molar-refractivity contribution in [2.45, 2.75) is 58.5 Å². The zero-order valence-electron chi connectivity index (χ0n) is 10.4. The number of imidazole rings is 1. The third kappa shape index (κ3) is 2.14. The average Bonchev–Trinajstić information content (AvgIpc) is 2.87. The normalized spacial score (nSPS) is 21.2. The smallest absolute Gasteiger partial charge is 0.110 e. The fraction of sp³-hybridized carbons (Fsp3) is 0.769. The molecule has 0 aromatic carbocycles. The minimum absolute atomic E-state index is 0.252. The van der Waals surface area contributed by atoms with Crippen LogP contribution in [0.25, 0.3) is 0 Å². The van der Waals surface area contributed by atoms with Gasteiger partial charge in [-0.3, -0.25) is 0 Å². The monoisotopic (exact) mass is 221 g/mol. The lowest BCUT2D eigenvalue weighted by Gasteiger charge is -2.31. The summed E-state index contributed by atoms with van der Waals surface area (Å²) in [5.74, 6) is 1.14. The summed E-state index contributed by atoms with van der Waals surface area (Å²) in [4.78, 5) is 4.41. The molecular formula is C13H23N3. The van der Waals surface area contributed by atoms with Crippen LogP contribution in [0.1, 0.15) is 45.4 Å². The summed E-state index contributed by atoms with van der Waals surface area (Å²) in [7, 11) is 0. The van der Waals surface area contributed by atoms with Crippen molar-refractivity contribution >= 4 is 0 Å². The Morgan fingerprint density at radius 1 is 1.50 bits per heavy atom. The van der Waals surface area contributed by atoms with Gasteiger partial charge in [0, 0.05) is 31.4 Å². The third-order valence-corrected chi connectivity index (χ3v) is 4.19. The molecule has 3 nitrogen and oxygen atoms in total. The van der Waals surface area contributed by atoms with Gasteiger partial charge in [0.05, 0.1) is 0 Å². The molecule has 1 aliphatic carbocycles. The van der Waals surface area contributed by atoms with E-state index in [0.717, 1.165) is 18.8 Å². The molecule has 1 fully saturated rings. The number of hydrogen-bond donors (Lipinski definition) is 1. The van der Waals surface area contributed by atoms with Crippen LogP contribution in [0, 0.1) is 5.41 Å². The van der Waals surface area contributed by atoms with Gasteiger partial charge in [0.1, 0.15) is 5.82 Å². The average molecular weight is 221 g/mol. The van der Waals surface area contributed by atoms with Crippen molar-refractivity contribution in [1.29, 1.82) is 0 Å². The Morgan fingerprint density at radius 2 is 2.19 bits per heavy atom. The Morgan fingerprint density at radius 3 is 2.81 bits per heavy atom. The third-order valence-electron chi connectivity index (χ3n) is 4.19. The van der Waals surface area contributed by atoms with E-state index in [9.17, 15) is 0 Å². The molecule has 0 amide bonds. The number of hydrogen-bond acceptors (Lipinski definition) is 2. The van der Waals surface area contributed by atoms with Gasteiger partial charge in [0.15, 0.2) is 0 Å². The number of nitrogens with two attached hydrogens (primary N) is 1. The van der Waals surface area contributed by atoms with Crippen LogP contribution in [0.5, 0.6) is 0 Å². The lowest BCUT2D eigenvalue weighted by atomic mass is 9.79. The van der Waals surface area contributed by atoms with E-state index in [1.807, 2.05) is 12.4 Å². The molecule has 2 N–H and O–H groups in total. The summed E-state index contributed by atoms with van der Waals surface area (Å²) in [5, 5.41) is 0. The van der Waals surface area contributed by atoms with Crippen molar-refractivity contribution < 1.29 is 0 Å². The second-order valence-corrected chi connectivity index (χ2v) is 5.30. The maximum absolute atomic E-state index is 6.37. The number of rotatable bonds is 4. The molecule has 1 aromatic heterocycles.